The lowest BCUT2D eigenvalue weighted by atomic mass is 10.2. The third-order valence-electron chi connectivity index (χ3n) is 3.17. The van der Waals surface area contributed by atoms with Crippen molar-refractivity contribution >= 4 is 23.2 Å². The summed E-state index contributed by atoms with van der Waals surface area (Å²) in [5.74, 6) is -0.897. The first-order valence-corrected chi connectivity index (χ1v) is 7.89. The molecule has 3 N–H and O–H groups in total. The normalized spacial score (nSPS) is 11.6. The summed E-state index contributed by atoms with van der Waals surface area (Å²) in [4.78, 5) is 24.2. The van der Waals surface area contributed by atoms with Crippen LogP contribution in [0.2, 0.25) is 0 Å². The summed E-state index contributed by atoms with van der Waals surface area (Å²) in [6, 6.07) is 10.8. The van der Waals surface area contributed by atoms with Crippen molar-refractivity contribution < 1.29 is 19.4 Å². The van der Waals surface area contributed by atoms with E-state index >= 15 is 0 Å². The topological polar surface area (TPSA) is 87.7 Å². The molecule has 2 amide bonds. The molecular formula is C16H18N2O4S. The summed E-state index contributed by atoms with van der Waals surface area (Å²) in [5.41, 5.74) is 0.773. The lowest BCUT2D eigenvalue weighted by Crippen LogP contribution is -2.41. The van der Waals surface area contributed by atoms with Gasteiger partial charge in [0, 0.05) is 23.5 Å². The molecule has 0 spiro atoms. The van der Waals surface area contributed by atoms with Crippen LogP contribution in [0.15, 0.2) is 41.8 Å². The van der Waals surface area contributed by atoms with Crippen molar-refractivity contribution in [2.75, 3.05) is 13.7 Å². The van der Waals surface area contributed by atoms with Crippen LogP contribution in [0.25, 0.3) is 0 Å². The number of amides is 2. The standard InChI is InChI=1S/C16H18N2O4S/c1-22-13-6-3-2-5-11(13)9-17-15(20)16(21)18-10-12(19)14-7-4-8-23-14/h2-8,12,19H,9-10H2,1H3,(H,17,20)(H,18,21)/t12-/m0/s1. The molecule has 2 aromatic rings. The molecule has 0 saturated carbocycles. The molecule has 0 fully saturated rings. The lowest BCUT2D eigenvalue weighted by Gasteiger charge is -2.11. The molecule has 7 heteroatoms. The van der Waals surface area contributed by atoms with Crippen LogP contribution in [0.5, 0.6) is 5.75 Å². The number of thiophene rings is 1. The molecule has 122 valence electrons. The Kier molecular flexibility index (Phi) is 6.13. The molecule has 1 atom stereocenters. The maximum absolute atomic E-state index is 11.8. The number of hydrogen-bond donors (Lipinski definition) is 3. The van der Waals surface area contributed by atoms with Crippen molar-refractivity contribution in [1.29, 1.82) is 0 Å². The number of aliphatic hydroxyl groups is 1. The largest absolute Gasteiger partial charge is 0.496 e. The number of aliphatic hydroxyl groups excluding tert-OH is 1. The Bertz CT molecular complexity index is 658. The highest BCUT2D eigenvalue weighted by molar-refractivity contribution is 7.10. The summed E-state index contributed by atoms with van der Waals surface area (Å²) >= 11 is 1.39. The molecule has 0 aliphatic carbocycles. The predicted octanol–water partition coefficient (Wildman–Crippen LogP) is 1.22. The first-order chi connectivity index (χ1) is 11.1. The molecule has 1 aromatic carbocycles. The smallest absolute Gasteiger partial charge is 0.309 e. The number of rotatable bonds is 6. The van der Waals surface area contributed by atoms with E-state index in [-0.39, 0.29) is 13.1 Å². The van der Waals surface area contributed by atoms with E-state index in [1.54, 1.807) is 25.3 Å². The Morgan fingerprint density at radius 3 is 2.61 bits per heavy atom. The van der Waals surface area contributed by atoms with Gasteiger partial charge in [0.15, 0.2) is 0 Å². The first-order valence-electron chi connectivity index (χ1n) is 7.01. The maximum atomic E-state index is 11.8. The van der Waals surface area contributed by atoms with Gasteiger partial charge in [-0.15, -0.1) is 11.3 Å². The second-order valence-corrected chi connectivity index (χ2v) is 5.72. The van der Waals surface area contributed by atoms with Crippen LogP contribution >= 0.6 is 11.3 Å². The Morgan fingerprint density at radius 2 is 1.91 bits per heavy atom. The van der Waals surface area contributed by atoms with Crippen molar-refractivity contribution in [3.63, 3.8) is 0 Å². The number of methoxy groups -OCH3 is 1. The Balaban J connectivity index is 1.80. The second kappa shape index (κ2) is 8.30. The first kappa shape index (κ1) is 17.0. The molecule has 0 bridgehead atoms. The monoisotopic (exact) mass is 334 g/mol. The zero-order chi connectivity index (χ0) is 16.7. The van der Waals surface area contributed by atoms with Crippen LogP contribution in [0.3, 0.4) is 0 Å². The van der Waals surface area contributed by atoms with Crippen LogP contribution < -0.4 is 15.4 Å². The number of nitrogens with one attached hydrogen (secondary N) is 2. The minimum Gasteiger partial charge on any atom is -0.496 e. The molecule has 0 aliphatic rings. The summed E-state index contributed by atoms with van der Waals surface area (Å²) in [7, 11) is 1.54. The molecule has 0 aliphatic heterocycles. The van der Waals surface area contributed by atoms with Gasteiger partial charge in [0.1, 0.15) is 11.9 Å². The zero-order valence-corrected chi connectivity index (χ0v) is 13.4. The zero-order valence-electron chi connectivity index (χ0n) is 12.6. The van der Waals surface area contributed by atoms with Gasteiger partial charge in [-0.1, -0.05) is 24.3 Å². The minimum absolute atomic E-state index is 0.0125. The molecule has 23 heavy (non-hydrogen) atoms. The Labute approximate surface area is 138 Å². The molecular weight excluding hydrogens is 316 g/mol. The van der Waals surface area contributed by atoms with Gasteiger partial charge in [-0.3, -0.25) is 9.59 Å². The Morgan fingerprint density at radius 1 is 1.17 bits per heavy atom. The van der Waals surface area contributed by atoms with Crippen molar-refractivity contribution in [3.8, 4) is 5.75 Å². The van der Waals surface area contributed by atoms with Crippen molar-refractivity contribution in [2.24, 2.45) is 0 Å². The van der Waals surface area contributed by atoms with E-state index in [1.165, 1.54) is 11.3 Å². The summed E-state index contributed by atoms with van der Waals surface area (Å²) in [6.07, 6.45) is -0.819. The third-order valence-corrected chi connectivity index (χ3v) is 4.14. The van der Waals surface area contributed by atoms with Gasteiger partial charge in [-0.2, -0.15) is 0 Å². The summed E-state index contributed by atoms with van der Waals surface area (Å²) in [6.45, 7) is 0.172. The van der Waals surface area contributed by atoms with Crippen molar-refractivity contribution in [3.05, 3.63) is 52.2 Å². The highest BCUT2D eigenvalue weighted by Crippen LogP contribution is 2.18. The third kappa shape index (κ3) is 4.80. The fourth-order valence-corrected chi connectivity index (χ4v) is 2.67. The number of para-hydroxylation sites is 1. The van der Waals surface area contributed by atoms with Crippen molar-refractivity contribution in [1.82, 2.24) is 10.6 Å². The summed E-state index contributed by atoms with van der Waals surface area (Å²) < 4.78 is 5.17. The number of carbonyl (C=O) groups excluding carboxylic acids is 2. The van der Waals surface area contributed by atoms with Crippen LogP contribution in [0.1, 0.15) is 16.5 Å². The van der Waals surface area contributed by atoms with E-state index in [0.29, 0.717) is 5.75 Å². The molecule has 0 saturated heterocycles. The van der Waals surface area contributed by atoms with E-state index in [2.05, 4.69) is 10.6 Å². The second-order valence-electron chi connectivity index (χ2n) is 4.74. The number of carbonyl (C=O) groups is 2. The molecule has 1 aromatic heterocycles. The predicted molar refractivity (Wildman–Crippen MR) is 87.1 cm³/mol. The fraction of sp³-hybridized carbons (Fsp3) is 0.250. The van der Waals surface area contributed by atoms with Crippen LogP contribution in [-0.2, 0) is 16.1 Å². The average Bonchev–Trinajstić information content (AvgIpc) is 3.12. The van der Waals surface area contributed by atoms with Crippen LogP contribution in [0, 0.1) is 0 Å². The van der Waals surface area contributed by atoms with Gasteiger partial charge in [-0.25, -0.2) is 0 Å². The lowest BCUT2D eigenvalue weighted by molar-refractivity contribution is -0.139. The van der Waals surface area contributed by atoms with Crippen molar-refractivity contribution in [2.45, 2.75) is 12.6 Å². The number of ether oxygens (including phenoxy) is 1. The molecule has 1 heterocycles. The number of hydrogen-bond acceptors (Lipinski definition) is 5. The van der Waals surface area contributed by atoms with Gasteiger partial charge in [0.2, 0.25) is 0 Å². The van der Waals surface area contributed by atoms with Crippen LogP contribution in [0.4, 0.5) is 0 Å². The van der Waals surface area contributed by atoms with E-state index < -0.39 is 17.9 Å². The SMILES string of the molecule is COc1ccccc1CNC(=O)C(=O)NC[C@H](O)c1cccs1. The fourth-order valence-electron chi connectivity index (χ4n) is 1.96. The highest BCUT2D eigenvalue weighted by Gasteiger charge is 2.16. The number of benzene rings is 1. The van der Waals surface area contributed by atoms with Gasteiger partial charge in [0.05, 0.1) is 7.11 Å². The summed E-state index contributed by atoms with van der Waals surface area (Å²) in [5, 5.41) is 16.6. The average molecular weight is 334 g/mol. The molecule has 2 rings (SSSR count). The van der Waals surface area contributed by atoms with E-state index in [4.69, 9.17) is 4.74 Å². The highest BCUT2D eigenvalue weighted by atomic mass is 32.1. The van der Waals surface area contributed by atoms with Gasteiger partial charge in [-0.05, 0) is 17.5 Å². The van der Waals surface area contributed by atoms with Gasteiger partial charge >= 0.3 is 11.8 Å². The van der Waals surface area contributed by atoms with Crippen LogP contribution in [-0.4, -0.2) is 30.6 Å². The van der Waals surface area contributed by atoms with E-state index in [1.807, 2.05) is 23.6 Å². The minimum atomic E-state index is -0.819. The van der Waals surface area contributed by atoms with E-state index in [9.17, 15) is 14.7 Å². The van der Waals surface area contributed by atoms with E-state index in [0.717, 1.165) is 10.4 Å². The van der Waals surface area contributed by atoms with Gasteiger partial charge < -0.3 is 20.5 Å². The quantitative estimate of drug-likeness (QED) is 0.693. The molecule has 0 radical (unpaired) electrons. The Hall–Kier alpha value is -2.38. The molecule has 0 unspecified atom stereocenters. The molecule has 6 nitrogen and oxygen atoms in total. The maximum Gasteiger partial charge on any atom is 0.309 e. The van der Waals surface area contributed by atoms with Gasteiger partial charge in [0.25, 0.3) is 0 Å².